The molecule has 0 spiro atoms. The van der Waals surface area contributed by atoms with Crippen LogP contribution in [0.3, 0.4) is 0 Å². The highest BCUT2D eigenvalue weighted by atomic mass is 16.8. The highest BCUT2D eigenvalue weighted by Gasteiger charge is 2.34. The zero-order chi connectivity index (χ0) is 33.1. The van der Waals surface area contributed by atoms with Gasteiger partial charge in [-0.25, -0.2) is 24.0 Å². The molecule has 0 saturated heterocycles. The highest BCUT2D eigenvalue weighted by molar-refractivity contribution is 5.87. The molecule has 0 saturated carbocycles. The molecule has 0 aliphatic rings. The van der Waals surface area contributed by atoms with Crippen LogP contribution in [0.4, 0.5) is 20.2 Å². The average molecular weight is 620 g/mol. The number of benzene rings is 1. The first kappa shape index (κ1) is 35.2. The van der Waals surface area contributed by atoms with Crippen molar-refractivity contribution in [3.05, 3.63) is 58.6 Å². The minimum Gasteiger partial charge on any atom is -0.467 e. The molecule has 0 fully saturated rings. The zero-order valence-electron chi connectivity index (χ0n) is 25.6. The quantitative estimate of drug-likeness (QED) is 0.225. The first-order valence-electron chi connectivity index (χ1n) is 13.3. The van der Waals surface area contributed by atoms with Crippen molar-refractivity contribution in [1.82, 2.24) is 19.9 Å². The smallest absolute Gasteiger partial charge is 0.444 e. The van der Waals surface area contributed by atoms with E-state index in [1.54, 1.807) is 65.8 Å². The van der Waals surface area contributed by atoms with Gasteiger partial charge >= 0.3 is 29.9 Å². The van der Waals surface area contributed by atoms with E-state index < -0.39 is 66.2 Å². The number of amides is 4. The second-order valence-electron chi connectivity index (χ2n) is 11.1. The molecule has 4 amide bonds. The standard InChI is InChI=1S/C28H37N5O11/c1-27(2,3)43-25(38)33(26(39)44-28(4,5)6)42-17-19(22(35)40-7)29-21(34)15-32-14-13-20(30-23(32)36)31-24(37)41-16-18-11-9-8-10-12-18/h8-14,19H,15-17H2,1-7H3,(H,29,34)(H,30,31,36,37)/t19-/m0/s1. The van der Waals surface area contributed by atoms with Gasteiger partial charge in [-0.15, -0.1) is 0 Å². The number of nitrogens with one attached hydrogen (secondary N) is 2. The Bertz CT molecular complexity index is 1350. The fourth-order valence-corrected chi connectivity index (χ4v) is 3.12. The number of carbonyl (C=O) groups excluding carboxylic acids is 5. The number of imide groups is 1. The molecule has 0 aliphatic carbocycles. The third-order valence-corrected chi connectivity index (χ3v) is 4.94. The van der Waals surface area contributed by atoms with Gasteiger partial charge in [0.05, 0.1) is 7.11 Å². The van der Waals surface area contributed by atoms with Crippen molar-refractivity contribution in [3.8, 4) is 0 Å². The Morgan fingerprint density at radius 1 is 0.932 bits per heavy atom. The Morgan fingerprint density at radius 2 is 1.52 bits per heavy atom. The lowest BCUT2D eigenvalue weighted by molar-refractivity contribution is -0.162. The van der Waals surface area contributed by atoms with E-state index >= 15 is 0 Å². The minimum atomic E-state index is -1.52. The fourth-order valence-electron chi connectivity index (χ4n) is 3.12. The molecule has 2 N–H and O–H groups in total. The topological polar surface area (TPSA) is 194 Å². The third-order valence-electron chi connectivity index (χ3n) is 4.94. The summed E-state index contributed by atoms with van der Waals surface area (Å²) in [5.74, 6) is -1.95. The summed E-state index contributed by atoms with van der Waals surface area (Å²) in [6, 6.07) is 8.68. The Labute approximate surface area is 253 Å². The number of methoxy groups -OCH3 is 1. The molecule has 16 nitrogen and oxygen atoms in total. The zero-order valence-corrected chi connectivity index (χ0v) is 25.6. The summed E-state index contributed by atoms with van der Waals surface area (Å²) in [7, 11) is 1.05. The van der Waals surface area contributed by atoms with E-state index in [4.69, 9.17) is 19.0 Å². The highest BCUT2D eigenvalue weighted by Crippen LogP contribution is 2.15. The second-order valence-corrected chi connectivity index (χ2v) is 11.1. The number of hydroxylamine groups is 2. The van der Waals surface area contributed by atoms with Crippen LogP contribution >= 0.6 is 0 Å². The molecule has 1 aromatic heterocycles. The number of esters is 1. The maximum absolute atomic E-state index is 12.7. The number of aromatic nitrogens is 2. The Hall–Kier alpha value is -4.99. The summed E-state index contributed by atoms with van der Waals surface area (Å²) in [6.07, 6.45) is -2.10. The van der Waals surface area contributed by atoms with Gasteiger partial charge in [-0.05, 0) is 53.2 Å². The molecule has 44 heavy (non-hydrogen) atoms. The number of carbonyl (C=O) groups is 5. The van der Waals surface area contributed by atoms with Crippen molar-refractivity contribution >= 4 is 36.0 Å². The number of hydrogen-bond donors (Lipinski definition) is 2. The molecule has 0 radical (unpaired) electrons. The number of ether oxygens (including phenoxy) is 4. The molecule has 0 unspecified atom stereocenters. The van der Waals surface area contributed by atoms with E-state index in [0.717, 1.165) is 17.2 Å². The minimum absolute atomic E-state index is 0.00228. The van der Waals surface area contributed by atoms with E-state index in [2.05, 4.69) is 20.4 Å². The monoisotopic (exact) mass is 619 g/mol. The first-order chi connectivity index (χ1) is 20.5. The van der Waals surface area contributed by atoms with Gasteiger partial charge in [0.1, 0.15) is 36.8 Å². The predicted molar refractivity (Wildman–Crippen MR) is 153 cm³/mol. The van der Waals surface area contributed by atoms with E-state index in [1.807, 2.05) is 6.07 Å². The van der Waals surface area contributed by atoms with Crippen molar-refractivity contribution in [2.75, 3.05) is 19.0 Å². The maximum atomic E-state index is 12.7. The Morgan fingerprint density at radius 3 is 2.05 bits per heavy atom. The summed E-state index contributed by atoms with van der Waals surface area (Å²) in [5.41, 5.74) is -2.15. The lowest BCUT2D eigenvalue weighted by atomic mass is 10.2. The van der Waals surface area contributed by atoms with Crippen molar-refractivity contribution in [3.63, 3.8) is 0 Å². The number of rotatable bonds is 10. The van der Waals surface area contributed by atoms with Crippen LogP contribution in [0.2, 0.25) is 0 Å². The van der Waals surface area contributed by atoms with E-state index in [1.165, 1.54) is 12.3 Å². The summed E-state index contributed by atoms with van der Waals surface area (Å²) >= 11 is 0. The molecule has 16 heteroatoms. The van der Waals surface area contributed by atoms with Crippen LogP contribution in [-0.2, 0) is 46.5 Å². The lowest BCUT2D eigenvalue weighted by Crippen LogP contribution is -2.50. The van der Waals surface area contributed by atoms with E-state index in [9.17, 15) is 28.8 Å². The average Bonchev–Trinajstić information content (AvgIpc) is 2.91. The second kappa shape index (κ2) is 15.5. The third kappa shape index (κ3) is 12.5. The van der Waals surface area contributed by atoms with Crippen molar-refractivity contribution < 1.29 is 47.8 Å². The predicted octanol–water partition coefficient (Wildman–Crippen LogP) is 2.75. The molecule has 1 heterocycles. The SMILES string of the molecule is COC(=O)[C@H](CON(C(=O)OC(C)(C)C)C(=O)OC(C)(C)C)NC(=O)Cn1ccc(NC(=O)OCc2ccccc2)nc1=O. The van der Waals surface area contributed by atoms with Crippen molar-refractivity contribution in [2.45, 2.75) is 71.9 Å². The molecular formula is C28H37N5O11. The van der Waals surface area contributed by atoms with Crippen LogP contribution in [0.25, 0.3) is 0 Å². The van der Waals surface area contributed by atoms with Gasteiger partial charge in [0.15, 0.2) is 6.04 Å². The van der Waals surface area contributed by atoms with Crippen molar-refractivity contribution in [1.29, 1.82) is 0 Å². The normalized spacial score (nSPS) is 11.9. The van der Waals surface area contributed by atoms with Gasteiger partial charge < -0.3 is 24.3 Å². The Kier molecular flexibility index (Phi) is 12.4. The fraction of sp³-hybridized carbons (Fsp3) is 0.464. The molecule has 1 atom stereocenters. The van der Waals surface area contributed by atoms with Gasteiger partial charge in [-0.2, -0.15) is 4.98 Å². The lowest BCUT2D eigenvalue weighted by Gasteiger charge is -2.28. The number of hydrogen-bond acceptors (Lipinski definition) is 12. The van der Waals surface area contributed by atoms with Crippen LogP contribution in [0.1, 0.15) is 47.1 Å². The summed E-state index contributed by atoms with van der Waals surface area (Å²) in [4.78, 5) is 83.8. The molecule has 2 rings (SSSR count). The van der Waals surface area contributed by atoms with Crippen LogP contribution in [-0.4, -0.2) is 75.7 Å². The molecule has 240 valence electrons. The molecular weight excluding hydrogens is 582 g/mol. The van der Waals surface area contributed by atoms with Crippen LogP contribution < -0.4 is 16.3 Å². The number of nitrogens with zero attached hydrogens (tertiary/aromatic N) is 3. The Balaban J connectivity index is 2.05. The van der Waals surface area contributed by atoms with Crippen LogP contribution in [0.15, 0.2) is 47.4 Å². The largest absolute Gasteiger partial charge is 0.467 e. The van der Waals surface area contributed by atoms with Gasteiger partial charge in [0.25, 0.3) is 0 Å². The molecule has 1 aromatic carbocycles. The molecule has 0 aliphatic heterocycles. The summed E-state index contributed by atoms with van der Waals surface area (Å²) < 4.78 is 21.0. The van der Waals surface area contributed by atoms with Gasteiger partial charge in [0.2, 0.25) is 5.91 Å². The van der Waals surface area contributed by atoms with Crippen molar-refractivity contribution in [2.24, 2.45) is 0 Å². The maximum Gasteiger partial charge on any atom is 0.444 e. The van der Waals surface area contributed by atoms with E-state index in [-0.39, 0.29) is 17.5 Å². The van der Waals surface area contributed by atoms with Gasteiger partial charge in [-0.1, -0.05) is 35.4 Å². The summed E-state index contributed by atoms with van der Waals surface area (Å²) in [6.45, 7) is 8.03. The van der Waals surface area contributed by atoms with Gasteiger partial charge in [-0.3, -0.25) is 19.5 Å². The summed E-state index contributed by atoms with van der Waals surface area (Å²) in [5, 5.41) is 4.81. The van der Waals surface area contributed by atoms with E-state index in [0.29, 0.717) is 0 Å². The van der Waals surface area contributed by atoms with Crippen LogP contribution in [0, 0.1) is 0 Å². The van der Waals surface area contributed by atoms with Gasteiger partial charge in [0, 0.05) is 6.20 Å². The van der Waals surface area contributed by atoms with Crippen LogP contribution in [0.5, 0.6) is 0 Å². The molecule has 0 bridgehead atoms. The first-order valence-corrected chi connectivity index (χ1v) is 13.3. The molecule has 2 aromatic rings. The number of anilines is 1.